The molecule has 1 unspecified atom stereocenters. The Morgan fingerprint density at radius 3 is 2.02 bits per heavy atom. The zero-order valence-electron chi connectivity index (χ0n) is 23.1. The van der Waals surface area contributed by atoms with E-state index in [-0.39, 0.29) is 23.4 Å². The van der Waals surface area contributed by atoms with Crippen LogP contribution in [-0.2, 0) is 26.2 Å². The molecule has 9 heteroatoms. The molecule has 1 saturated carbocycles. The molecule has 0 aliphatic heterocycles. The molecule has 3 aromatic rings. The zero-order valence-corrected chi connectivity index (χ0v) is 25.5. The van der Waals surface area contributed by atoms with Crippen molar-refractivity contribution in [1.82, 2.24) is 10.2 Å². The Labute approximate surface area is 245 Å². The van der Waals surface area contributed by atoms with Crippen LogP contribution in [0.2, 0.25) is 0 Å². The maximum Gasteiger partial charge on any atom is 0.264 e. The summed E-state index contributed by atoms with van der Waals surface area (Å²) in [6.45, 7) is 5.29. The van der Waals surface area contributed by atoms with E-state index in [0.717, 1.165) is 51.2 Å². The van der Waals surface area contributed by atoms with Crippen LogP contribution in [-0.4, -0.2) is 43.8 Å². The molecule has 0 spiro atoms. The van der Waals surface area contributed by atoms with Gasteiger partial charge >= 0.3 is 0 Å². The molecule has 0 radical (unpaired) electrons. The topological polar surface area (TPSA) is 86.8 Å². The summed E-state index contributed by atoms with van der Waals surface area (Å²) in [5.74, 6) is -0.697. The number of hydrogen-bond donors (Lipinski definition) is 1. The molecule has 0 saturated heterocycles. The normalized spacial score (nSPS) is 14.5. The summed E-state index contributed by atoms with van der Waals surface area (Å²) in [7, 11) is -4.09. The predicted molar refractivity (Wildman–Crippen MR) is 161 cm³/mol. The van der Waals surface area contributed by atoms with Gasteiger partial charge in [-0.1, -0.05) is 76.3 Å². The molecule has 1 aliphatic rings. The van der Waals surface area contributed by atoms with Gasteiger partial charge in [0.25, 0.3) is 10.0 Å². The lowest BCUT2D eigenvalue weighted by Gasteiger charge is -2.32. The summed E-state index contributed by atoms with van der Waals surface area (Å²) in [6, 6.07) is 20.4. The average Bonchev–Trinajstić information content (AvgIpc) is 3.44. The van der Waals surface area contributed by atoms with E-state index < -0.39 is 28.5 Å². The van der Waals surface area contributed by atoms with E-state index in [9.17, 15) is 18.0 Å². The maximum absolute atomic E-state index is 14.0. The molecule has 212 valence electrons. The fraction of sp³-hybridized carbons (Fsp3) is 0.355. The second kappa shape index (κ2) is 13.0. The van der Waals surface area contributed by atoms with Crippen LogP contribution >= 0.6 is 15.9 Å². The molecule has 3 aromatic carbocycles. The van der Waals surface area contributed by atoms with Crippen molar-refractivity contribution in [3.8, 4) is 0 Å². The number of hydrogen-bond acceptors (Lipinski definition) is 4. The molecule has 1 aliphatic carbocycles. The van der Waals surface area contributed by atoms with E-state index >= 15 is 0 Å². The second-order valence-corrected chi connectivity index (χ2v) is 13.3. The van der Waals surface area contributed by atoms with E-state index in [1.54, 1.807) is 55.5 Å². The van der Waals surface area contributed by atoms with Crippen LogP contribution in [0.25, 0.3) is 0 Å². The molecule has 40 heavy (non-hydrogen) atoms. The lowest BCUT2D eigenvalue weighted by Crippen LogP contribution is -2.52. The third kappa shape index (κ3) is 7.31. The number of halogens is 1. The van der Waals surface area contributed by atoms with Gasteiger partial charge in [-0.05, 0) is 75.6 Å². The first-order valence-corrected chi connectivity index (χ1v) is 15.8. The number of carbonyl (C=O) groups is 2. The molecule has 1 atom stereocenters. The Morgan fingerprint density at radius 2 is 1.45 bits per heavy atom. The first-order valence-electron chi connectivity index (χ1n) is 13.5. The Bertz CT molecular complexity index is 1420. The Hall–Kier alpha value is -3.17. The van der Waals surface area contributed by atoms with Crippen molar-refractivity contribution in [1.29, 1.82) is 0 Å². The lowest BCUT2D eigenvalue weighted by molar-refractivity contribution is -0.139. The third-order valence-electron chi connectivity index (χ3n) is 7.34. The average molecular weight is 627 g/mol. The van der Waals surface area contributed by atoms with Crippen molar-refractivity contribution in [2.45, 2.75) is 70.0 Å². The predicted octanol–water partition coefficient (Wildman–Crippen LogP) is 5.74. The van der Waals surface area contributed by atoms with Crippen molar-refractivity contribution in [2.24, 2.45) is 0 Å². The number of anilines is 1. The summed E-state index contributed by atoms with van der Waals surface area (Å²) in [5.41, 5.74) is 3.22. The van der Waals surface area contributed by atoms with Gasteiger partial charge in [-0.2, -0.15) is 0 Å². The molecule has 0 bridgehead atoms. The van der Waals surface area contributed by atoms with E-state index in [1.165, 1.54) is 4.90 Å². The number of nitrogens with zero attached hydrogens (tertiary/aromatic N) is 2. The van der Waals surface area contributed by atoms with Crippen LogP contribution in [0.1, 0.15) is 49.3 Å². The lowest BCUT2D eigenvalue weighted by atomic mass is 10.1. The fourth-order valence-electron chi connectivity index (χ4n) is 4.84. The maximum atomic E-state index is 14.0. The Kier molecular flexibility index (Phi) is 9.68. The van der Waals surface area contributed by atoms with Gasteiger partial charge in [0.15, 0.2) is 0 Å². The van der Waals surface area contributed by atoms with Crippen molar-refractivity contribution < 1.29 is 18.0 Å². The van der Waals surface area contributed by atoms with Gasteiger partial charge in [-0.25, -0.2) is 8.42 Å². The molecular weight excluding hydrogens is 590 g/mol. The summed E-state index contributed by atoms with van der Waals surface area (Å²) < 4.78 is 29.7. The zero-order chi connectivity index (χ0) is 28.9. The van der Waals surface area contributed by atoms with Crippen LogP contribution < -0.4 is 9.62 Å². The number of carbonyl (C=O) groups excluding carboxylic acids is 2. The second-order valence-electron chi connectivity index (χ2n) is 10.5. The molecule has 1 fully saturated rings. The van der Waals surface area contributed by atoms with Gasteiger partial charge in [0.2, 0.25) is 11.8 Å². The third-order valence-corrected chi connectivity index (χ3v) is 9.66. The van der Waals surface area contributed by atoms with Gasteiger partial charge in [-0.3, -0.25) is 13.9 Å². The Morgan fingerprint density at radius 1 is 0.900 bits per heavy atom. The molecule has 0 aromatic heterocycles. The van der Waals surface area contributed by atoms with Crippen LogP contribution in [0.3, 0.4) is 0 Å². The smallest absolute Gasteiger partial charge is 0.264 e. The number of benzene rings is 3. The number of sulfonamides is 1. The van der Waals surface area contributed by atoms with Crippen molar-refractivity contribution in [3.63, 3.8) is 0 Å². The summed E-state index contributed by atoms with van der Waals surface area (Å²) in [4.78, 5) is 28.9. The highest BCUT2D eigenvalue weighted by Crippen LogP contribution is 2.26. The minimum atomic E-state index is -4.09. The van der Waals surface area contributed by atoms with Crippen LogP contribution in [0, 0.1) is 13.8 Å². The highest BCUT2D eigenvalue weighted by molar-refractivity contribution is 9.10. The summed E-state index contributed by atoms with van der Waals surface area (Å²) in [6.07, 6.45) is 4.00. The van der Waals surface area contributed by atoms with Crippen LogP contribution in [0.15, 0.2) is 82.2 Å². The van der Waals surface area contributed by atoms with E-state index in [2.05, 4.69) is 21.2 Å². The van der Waals surface area contributed by atoms with E-state index in [1.807, 2.05) is 38.1 Å². The van der Waals surface area contributed by atoms with E-state index in [0.29, 0.717) is 5.69 Å². The molecule has 4 rings (SSSR count). The number of amides is 2. The number of rotatable bonds is 10. The highest BCUT2D eigenvalue weighted by atomic mass is 79.9. The summed E-state index contributed by atoms with van der Waals surface area (Å²) >= 11 is 3.40. The van der Waals surface area contributed by atoms with Crippen molar-refractivity contribution in [2.75, 3.05) is 10.8 Å². The largest absolute Gasteiger partial charge is 0.352 e. The minimum absolute atomic E-state index is 0.0888. The quantitative estimate of drug-likeness (QED) is 0.311. The van der Waals surface area contributed by atoms with Crippen molar-refractivity contribution >= 4 is 43.5 Å². The standard InChI is InChI=1S/C31H36BrN3O4S/c1-22-8-12-25(13-9-22)20-34(24(3)31(37)33-27-6-4-5-7-27)30(36)21-35(28-16-14-26(32)15-17-28)40(38,39)29-18-10-23(2)11-19-29/h8-19,24,27H,4-7,20-21H2,1-3H3,(H,33,37). The molecule has 0 heterocycles. The van der Waals surface area contributed by atoms with Gasteiger partial charge in [0, 0.05) is 17.1 Å². The van der Waals surface area contributed by atoms with Crippen LogP contribution in [0.5, 0.6) is 0 Å². The van der Waals surface area contributed by atoms with Gasteiger partial charge < -0.3 is 10.2 Å². The molecular formula is C31H36BrN3O4S. The monoisotopic (exact) mass is 625 g/mol. The minimum Gasteiger partial charge on any atom is -0.352 e. The fourth-order valence-corrected chi connectivity index (χ4v) is 6.52. The van der Waals surface area contributed by atoms with Crippen molar-refractivity contribution in [3.05, 3.63) is 94.0 Å². The SMILES string of the molecule is Cc1ccc(CN(C(=O)CN(c2ccc(Br)cc2)S(=O)(=O)c2ccc(C)cc2)C(C)C(=O)NC2CCCC2)cc1. The molecule has 7 nitrogen and oxygen atoms in total. The number of aryl methyl sites for hydroxylation is 2. The van der Waals surface area contributed by atoms with Crippen LogP contribution in [0.4, 0.5) is 5.69 Å². The van der Waals surface area contributed by atoms with Gasteiger partial charge in [0.05, 0.1) is 10.6 Å². The first kappa shape index (κ1) is 29.8. The summed E-state index contributed by atoms with van der Waals surface area (Å²) in [5, 5.41) is 3.09. The van der Waals surface area contributed by atoms with E-state index in [4.69, 9.17) is 0 Å². The Balaban J connectivity index is 1.67. The highest BCUT2D eigenvalue weighted by Gasteiger charge is 2.33. The molecule has 2 amide bonds. The first-order chi connectivity index (χ1) is 19.0. The van der Waals surface area contributed by atoms with Gasteiger partial charge in [-0.15, -0.1) is 0 Å². The van der Waals surface area contributed by atoms with Gasteiger partial charge in [0.1, 0.15) is 12.6 Å². The molecule has 1 N–H and O–H groups in total. The number of nitrogens with one attached hydrogen (secondary N) is 1.